The van der Waals surface area contributed by atoms with E-state index in [1.165, 1.54) is 4.90 Å². The van der Waals surface area contributed by atoms with Crippen LogP contribution in [-0.2, 0) is 9.59 Å². The van der Waals surface area contributed by atoms with Crippen LogP contribution in [0.3, 0.4) is 0 Å². The van der Waals surface area contributed by atoms with Crippen LogP contribution in [0.2, 0.25) is 0 Å². The second-order valence-corrected chi connectivity index (χ2v) is 7.52. The van der Waals surface area contributed by atoms with Crippen molar-refractivity contribution in [3.05, 3.63) is 0 Å². The minimum absolute atomic E-state index is 0.0176. The number of hydrogen-bond acceptors (Lipinski definition) is 4. The van der Waals surface area contributed by atoms with Crippen molar-refractivity contribution in [2.45, 2.75) is 45.3 Å². The highest BCUT2D eigenvalue weighted by molar-refractivity contribution is 5.82. The minimum Gasteiger partial charge on any atom is -0.354 e. The maximum Gasteiger partial charge on any atom is 0.405 e. The number of hydrogen-bond donors (Lipinski definition) is 2. The third-order valence-corrected chi connectivity index (χ3v) is 5.58. The average Bonchev–Trinajstić information content (AvgIpc) is 2.66. The molecule has 2 rings (SSSR count). The first-order valence-electron chi connectivity index (χ1n) is 9.82. The van der Waals surface area contributed by atoms with Crippen molar-refractivity contribution in [3.63, 3.8) is 0 Å². The molecule has 0 radical (unpaired) electrons. The van der Waals surface area contributed by atoms with Crippen LogP contribution in [0, 0.1) is 11.8 Å². The van der Waals surface area contributed by atoms with Gasteiger partial charge in [0.15, 0.2) is 0 Å². The topological polar surface area (TPSA) is 64.7 Å². The fourth-order valence-electron chi connectivity index (χ4n) is 3.66. The number of rotatable bonds is 6. The van der Waals surface area contributed by atoms with E-state index in [1.54, 1.807) is 4.90 Å². The lowest BCUT2D eigenvalue weighted by atomic mass is 9.95. The third-order valence-electron chi connectivity index (χ3n) is 5.58. The molecule has 27 heavy (non-hydrogen) atoms. The van der Waals surface area contributed by atoms with Gasteiger partial charge in [0.2, 0.25) is 11.8 Å². The zero-order chi connectivity index (χ0) is 20.0. The summed E-state index contributed by atoms with van der Waals surface area (Å²) in [7, 11) is 0. The Morgan fingerprint density at radius 2 is 1.89 bits per heavy atom. The number of amides is 2. The van der Waals surface area contributed by atoms with Crippen molar-refractivity contribution in [2.24, 2.45) is 11.8 Å². The molecule has 9 heteroatoms. The Hall–Kier alpha value is -1.35. The molecule has 2 heterocycles. The van der Waals surface area contributed by atoms with Gasteiger partial charge in [-0.05, 0) is 19.3 Å². The van der Waals surface area contributed by atoms with Crippen LogP contribution in [-0.4, -0.2) is 79.6 Å². The van der Waals surface area contributed by atoms with Gasteiger partial charge in [-0.15, -0.1) is 0 Å². The molecule has 2 aliphatic heterocycles. The van der Waals surface area contributed by atoms with Crippen molar-refractivity contribution in [2.75, 3.05) is 45.8 Å². The maximum absolute atomic E-state index is 13.4. The lowest BCUT2D eigenvalue weighted by molar-refractivity contribution is -0.184. The average molecular weight is 392 g/mol. The van der Waals surface area contributed by atoms with E-state index in [9.17, 15) is 22.8 Å². The van der Waals surface area contributed by atoms with Crippen molar-refractivity contribution in [1.82, 2.24) is 20.4 Å². The second-order valence-electron chi connectivity index (χ2n) is 7.52. The number of piperazine rings is 1. The fraction of sp³-hybridized carbons (Fsp3) is 0.889. The monoisotopic (exact) mass is 392 g/mol. The van der Waals surface area contributed by atoms with Gasteiger partial charge in [0.05, 0.1) is 5.92 Å². The van der Waals surface area contributed by atoms with E-state index in [0.29, 0.717) is 52.1 Å². The van der Waals surface area contributed by atoms with E-state index >= 15 is 0 Å². The molecular formula is C18H31F3N4O2. The lowest BCUT2D eigenvalue weighted by Crippen LogP contribution is -2.58. The predicted octanol–water partition coefficient (Wildman–Crippen LogP) is 1.22. The van der Waals surface area contributed by atoms with Crippen LogP contribution < -0.4 is 10.6 Å². The first-order valence-corrected chi connectivity index (χ1v) is 9.82. The zero-order valence-corrected chi connectivity index (χ0v) is 16.1. The van der Waals surface area contributed by atoms with Gasteiger partial charge in [0.25, 0.3) is 0 Å². The van der Waals surface area contributed by atoms with E-state index in [0.717, 1.165) is 6.42 Å². The SMILES string of the molecule is CCC(C)C(=O)N1CCCC(C(=O)NCC(N2CCNCC2)C(F)(F)F)C1. The van der Waals surface area contributed by atoms with Crippen LogP contribution in [0.15, 0.2) is 0 Å². The van der Waals surface area contributed by atoms with Gasteiger partial charge in [-0.1, -0.05) is 13.8 Å². The Labute approximate surface area is 158 Å². The molecule has 0 spiro atoms. The molecule has 3 unspecified atom stereocenters. The van der Waals surface area contributed by atoms with Crippen LogP contribution >= 0.6 is 0 Å². The molecule has 6 nitrogen and oxygen atoms in total. The molecule has 2 N–H and O–H groups in total. The molecule has 0 aromatic carbocycles. The van der Waals surface area contributed by atoms with E-state index < -0.39 is 24.7 Å². The molecule has 0 aromatic rings. The Morgan fingerprint density at radius 3 is 2.48 bits per heavy atom. The van der Waals surface area contributed by atoms with Gasteiger partial charge < -0.3 is 15.5 Å². The molecule has 156 valence electrons. The first-order chi connectivity index (χ1) is 12.7. The predicted molar refractivity (Wildman–Crippen MR) is 96.1 cm³/mol. The summed E-state index contributed by atoms with van der Waals surface area (Å²) in [6.45, 7) is 5.88. The first kappa shape index (κ1) is 21.9. The minimum atomic E-state index is -4.39. The summed E-state index contributed by atoms with van der Waals surface area (Å²) in [6.07, 6.45) is -2.37. The number of alkyl halides is 3. The number of carbonyl (C=O) groups is 2. The Bertz CT molecular complexity index is 509. The maximum atomic E-state index is 13.4. The molecule has 3 atom stereocenters. The standard InChI is InChI=1S/C18H31F3N4O2/c1-3-13(2)17(27)25-8-4-5-14(12-25)16(26)23-11-15(18(19,20)21)24-9-6-22-7-10-24/h13-15,22H,3-12H2,1-2H3,(H,23,26). The lowest BCUT2D eigenvalue weighted by Gasteiger charge is -2.37. The summed E-state index contributed by atoms with van der Waals surface area (Å²) in [5.74, 6) is -0.914. The third kappa shape index (κ3) is 6.07. The molecule has 2 aliphatic rings. The summed E-state index contributed by atoms with van der Waals surface area (Å²) in [6, 6.07) is -1.68. The van der Waals surface area contributed by atoms with Crippen LogP contribution in [0.25, 0.3) is 0 Å². The fourth-order valence-corrected chi connectivity index (χ4v) is 3.66. The normalized spacial score (nSPS) is 24.3. The number of likely N-dealkylation sites (tertiary alicyclic amines) is 1. The van der Waals surface area contributed by atoms with Crippen LogP contribution in [0.5, 0.6) is 0 Å². The smallest absolute Gasteiger partial charge is 0.354 e. The molecule has 0 saturated carbocycles. The number of halogens is 3. The largest absolute Gasteiger partial charge is 0.405 e. The van der Waals surface area contributed by atoms with Crippen molar-refractivity contribution < 1.29 is 22.8 Å². The highest BCUT2D eigenvalue weighted by Gasteiger charge is 2.44. The van der Waals surface area contributed by atoms with Gasteiger partial charge in [-0.25, -0.2) is 0 Å². The number of carbonyl (C=O) groups excluding carboxylic acids is 2. The summed E-state index contributed by atoms with van der Waals surface area (Å²) >= 11 is 0. The molecule has 2 saturated heterocycles. The molecule has 2 fully saturated rings. The van der Waals surface area contributed by atoms with E-state index in [4.69, 9.17) is 0 Å². The van der Waals surface area contributed by atoms with Crippen molar-refractivity contribution in [3.8, 4) is 0 Å². The second kappa shape index (κ2) is 9.73. The summed E-state index contributed by atoms with van der Waals surface area (Å²) in [5, 5.41) is 5.53. The highest BCUT2D eigenvalue weighted by atomic mass is 19.4. The van der Waals surface area contributed by atoms with Gasteiger partial charge in [0, 0.05) is 51.7 Å². The summed E-state index contributed by atoms with van der Waals surface area (Å²) < 4.78 is 40.3. The Kier molecular flexibility index (Phi) is 7.91. The van der Waals surface area contributed by atoms with Crippen LogP contribution in [0.4, 0.5) is 13.2 Å². The van der Waals surface area contributed by atoms with E-state index in [-0.39, 0.29) is 17.7 Å². The van der Waals surface area contributed by atoms with E-state index in [1.807, 2.05) is 13.8 Å². The molecular weight excluding hydrogens is 361 g/mol. The zero-order valence-electron chi connectivity index (χ0n) is 16.1. The molecule has 0 aliphatic carbocycles. The Morgan fingerprint density at radius 1 is 1.22 bits per heavy atom. The van der Waals surface area contributed by atoms with Crippen molar-refractivity contribution >= 4 is 11.8 Å². The van der Waals surface area contributed by atoms with Gasteiger partial charge in [-0.3, -0.25) is 14.5 Å². The van der Waals surface area contributed by atoms with Gasteiger partial charge in [-0.2, -0.15) is 13.2 Å². The molecule has 2 amide bonds. The summed E-state index contributed by atoms with van der Waals surface area (Å²) in [4.78, 5) is 27.9. The van der Waals surface area contributed by atoms with Gasteiger partial charge >= 0.3 is 6.18 Å². The molecule has 0 bridgehead atoms. The number of nitrogens with one attached hydrogen (secondary N) is 2. The number of nitrogens with zero attached hydrogens (tertiary/aromatic N) is 2. The van der Waals surface area contributed by atoms with Crippen molar-refractivity contribution in [1.29, 1.82) is 0 Å². The quantitative estimate of drug-likeness (QED) is 0.714. The Balaban J connectivity index is 1.91. The molecule has 0 aromatic heterocycles. The van der Waals surface area contributed by atoms with Crippen LogP contribution in [0.1, 0.15) is 33.1 Å². The number of piperidine rings is 1. The van der Waals surface area contributed by atoms with E-state index in [2.05, 4.69) is 10.6 Å². The summed E-state index contributed by atoms with van der Waals surface area (Å²) in [5.41, 5.74) is 0. The highest BCUT2D eigenvalue weighted by Crippen LogP contribution is 2.25. The van der Waals surface area contributed by atoms with Gasteiger partial charge in [0.1, 0.15) is 6.04 Å².